The molecule has 52 heavy (non-hydrogen) atoms. The van der Waals surface area contributed by atoms with Crippen LogP contribution in [0, 0.1) is 5.92 Å². The highest BCUT2D eigenvalue weighted by Gasteiger charge is 2.32. The predicted molar refractivity (Wildman–Crippen MR) is 221 cm³/mol. The first kappa shape index (κ1) is 40.0. The summed E-state index contributed by atoms with van der Waals surface area (Å²) in [6, 6.07) is 26.6. The summed E-state index contributed by atoms with van der Waals surface area (Å²) in [5.41, 5.74) is 4.16. The van der Waals surface area contributed by atoms with Crippen molar-refractivity contribution in [1.29, 1.82) is 0 Å². The molecule has 0 heterocycles. The van der Waals surface area contributed by atoms with Crippen molar-refractivity contribution in [2.75, 3.05) is 17.2 Å². The zero-order valence-corrected chi connectivity index (χ0v) is 34.8. The lowest BCUT2D eigenvalue weighted by molar-refractivity contribution is -0.137. The third-order valence-electron chi connectivity index (χ3n) is 8.98. The molecule has 1 aliphatic rings. The zero-order valence-electron chi connectivity index (χ0n) is 28.1. The van der Waals surface area contributed by atoms with E-state index in [1.165, 1.54) is 0 Å². The van der Waals surface area contributed by atoms with Gasteiger partial charge in [0.05, 0.1) is 27.6 Å². The van der Waals surface area contributed by atoms with Crippen molar-refractivity contribution in [3.63, 3.8) is 0 Å². The maximum Gasteiger partial charge on any atom is 0.347 e. The van der Waals surface area contributed by atoms with Crippen molar-refractivity contribution in [3.8, 4) is 0 Å². The van der Waals surface area contributed by atoms with Gasteiger partial charge in [-0.15, -0.1) is 0 Å². The Morgan fingerprint density at radius 2 is 1.44 bits per heavy atom. The van der Waals surface area contributed by atoms with Crippen molar-refractivity contribution in [2.45, 2.75) is 56.4 Å². The molecule has 5 rings (SSSR count). The van der Waals surface area contributed by atoms with Crippen LogP contribution >= 0.6 is 61.9 Å². The molecule has 0 radical (unpaired) electrons. The summed E-state index contributed by atoms with van der Waals surface area (Å²) in [5.74, 6) is -1.57. The molecule has 1 unspecified atom stereocenters. The second-order valence-corrected chi connectivity index (χ2v) is 15.5. The van der Waals surface area contributed by atoms with Crippen LogP contribution in [0.1, 0.15) is 74.8 Å². The molecule has 0 bridgehead atoms. The fraction of sp³-hybridized carbons (Fsp3) is 0.263. The first-order chi connectivity index (χ1) is 25.1. The van der Waals surface area contributed by atoms with E-state index >= 15 is 0 Å². The van der Waals surface area contributed by atoms with E-state index in [9.17, 15) is 23.4 Å². The molecule has 1 saturated carbocycles. The Morgan fingerprint density at radius 3 is 2.06 bits per heavy atom. The quantitative estimate of drug-likeness (QED) is 0.128. The van der Waals surface area contributed by atoms with Crippen LogP contribution in [-0.4, -0.2) is 44.9 Å². The van der Waals surface area contributed by atoms with Gasteiger partial charge in [0.25, 0.3) is 11.8 Å². The number of halogens is 3. The summed E-state index contributed by atoms with van der Waals surface area (Å²) in [7, 11) is -1.52. The molecule has 14 heteroatoms. The van der Waals surface area contributed by atoms with Crippen LogP contribution in [-0.2, 0) is 34.8 Å². The third-order valence-corrected chi connectivity index (χ3v) is 12.0. The van der Waals surface area contributed by atoms with E-state index in [0.717, 1.165) is 36.8 Å². The maximum absolute atomic E-state index is 13.7. The molecular formula is C38H36BrI2N3O7S. The molecule has 1 aliphatic carbocycles. The van der Waals surface area contributed by atoms with Gasteiger partial charge in [0.1, 0.15) is 11.0 Å². The topological polar surface area (TPSA) is 131 Å². The summed E-state index contributed by atoms with van der Waals surface area (Å²) in [6.45, 7) is 2.49. The predicted octanol–water partition coefficient (Wildman–Crippen LogP) is 9.04. The van der Waals surface area contributed by atoms with Gasteiger partial charge in [-0.1, -0.05) is 53.2 Å². The fourth-order valence-corrected chi connectivity index (χ4v) is 8.54. The average Bonchev–Trinajstić information content (AvgIpc) is 3.18. The third kappa shape index (κ3) is 10.5. The number of hydrogen-bond acceptors (Lipinski definition) is 7. The lowest BCUT2D eigenvalue weighted by Crippen LogP contribution is -2.40. The van der Waals surface area contributed by atoms with E-state index in [2.05, 4.69) is 26.6 Å². The van der Waals surface area contributed by atoms with Crippen LogP contribution in [0.4, 0.5) is 11.4 Å². The van der Waals surface area contributed by atoms with Gasteiger partial charge in [0.2, 0.25) is 0 Å². The van der Waals surface area contributed by atoms with Crippen molar-refractivity contribution in [2.24, 2.45) is 5.92 Å². The van der Waals surface area contributed by atoms with Crippen LogP contribution in [0.15, 0.2) is 100 Å². The zero-order chi connectivity index (χ0) is 37.2. The molecule has 0 spiro atoms. The Balaban J connectivity index is 1.21. The van der Waals surface area contributed by atoms with Crippen molar-refractivity contribution >= 4 is 108 Å². The highest BCUT2D eigenvalue weighted by Crippen LogP contribution is 2.31. The number of anilines is 2. The van der Waals surface area contributed by atoms with Gasteiger partial charge in [0, 0.05) is 28.3 Å². The first-order valence-corrected chi connectivity index (χ1v) is 20.3. The minimum absolute atomic E-state index is 0.0416. The fourth-order valence-electron chi connectivity index (χ4n) is 6.16. The van der Waals surface area contributed by atoms with Gasteiger partial charge in [-0.3, -0.25) is 14.4 Å². The van der Waals surface area contributed by atoms with Gasteiger partial charge >= 0.3 is 11.9 Å². The van der Waals surface area contributed by atoms with Crippen molar-refractivity contribution in [3.05, 3.63) is 123 Å². The molecule has 0 saturated heterocycles. The molecule has 1 atom stereocenters. The molecule has 2 amide bonds. The molecular weight excluding hydrogens is 976 g/mol. The van der Waals surface area contributed by atoms with Crippen LogP contribution < -0.4 is 10.6 Å². The first-order valence-electron chi connectivity index (χ1n) is 16.6. The number of amides is 2. The normalized spacial score (nSPS) is 16.1. The lowest BCUT2D eigenvalue weighted by Gasteiger charge is -2.34. The SMILES string of the molecule is CCN(C1CCC(C(=O)OI)CC1)S(=O)c1cccc(C(=O)Nc2ccc(Br)cc2C(=O)Nc2ccc(CCc3ccc(C(=O)OI)cc3)cc2)c1. The van der Waals surface area contributed by atoms with Crippen molar-refractivity contribution < 1.29 is 29.5 Å². The molecule has 2 N–H and O–H groups in total. The Kier molecular flexibility index (Phi) is 14.8. The smallest absolute Gasteiger partial charge is 0.347 e. The number of hydrogen-bond donors (Lipinski definition) is 2. The second-order valence-electron chi connectivity index (χ2n) is 12.3. The molecule has 0 aliphatic heterocycles. The van der Waals surface area contributed by atoms with E-state index < -0.39 is 22.8 Å². The van der Waals surface area contributed by atoms with Gasteiger partial charge < -0.3 is 16.8 Å². The lowest BCUT2D eigenvalue weighted by atomic mass is 9.86. The van der Waals surface area contributed by atoms with E-state index in [1.807, 2.05) is 47.6 Å². The van der Waals surface area contributed by atoms with E-state index in [1.54, 1.807) is 101 Å². The molecule has 0 aromatic heterocycles. The Labute approximate surface area is 341 Å². The monoisotopic (exact) mass is 1010 g/mol. The number of rotatable bonds is 13. The highest BCUT2D eigenvalue weighted by molar-refractivity contribution is 14.1. The van der Waals surface area contributed by atoms with E-state index in [0.29, 0.717) is 51.3 Å². The average molecular weight is 1010 g/mol. The summed E-state index contributed by atoms with van der Waals surface area (Å²) in [5, 5.41) is 5.79. The molecule has 4 aromatic carbocycles. The van der Waals surface area contributed by atoms with Gasteiger partial charge in [0.15, 0.2) is 46.0 Å². The number of nitrogens with one attached hydrogen (secondary N) is 2. The Bertz CT molecular complexity index is 1940. The Hall–Kier alpha value is -3.19. The van der Waals surface area contributed by atoms with Gasteiger partial charge in [-0.05, 0) is 110 Å². The van der Waals surface area contributed by atoms with Crippen LogP contribution in [0.5, 0.6) is 0 Å². The summed E-state index contributed by atoms with van der Waals surface area (Å²) >= 11 is 6.63. The minimum Gasteiger partial charge on any atom is -0.394 e. The van der Waals surface area contributed by atoms with E-state index in [4.69, 9.17) is 6.13 Å². The second kappa shape index (κ2) is 19.2. The van der Waals surface area contributed by atoms with Crippen LogP contribution in [0.25, 0.3) is 0 Å². The van der Waals surface area contributed by atoms with Crippen LogP contribution in [0.2, 0.25) is 0 Å². The van der Waals surface area contributed by atoms with Gasteiger partial charge in [-0.2, -0.15) is 0 Å². The molecule has 10 nitrogen and oxygen atoms in total. The minimum atomic E-state index is -1.52. The number of aryl methyl sites for hydroxylation is 2. The number of nitrogens with zero attached hydrogens (tertiary/aromatic N) is 1. The van der Waals surface area contributed by atoms with Gasteiger partial charge in [-0.25, -0.2) is 13.3 Å². The summed E-state index contributed by atoms with van der Waals surface area (Å²) < 4.78 is 25.9. The van der Waals surface area contributed by atoms with Crippen LogP contribution in [0.3, 0.4) is 0 Å². The molecule has 272 valence electrons. The standard InChI is InChI=1S/C38H36BrI2N3O7S/c1-2-44(31-19-14-27(15-20-31)38(48)51-41)52(49)32-5-3-4-28(22-32)35(45)43-34-21-16-29(39)23-33(34)36(46)42-30-17-10-25(11-18-30)7-6-24-8-12-26(13-9-24)37(47)50-40/h3-5,8-13,16-18,21-23,27,31H,2,6-7,14-15,19-20H2,1H3,(H,42,46)(H,43,45). The van der Waals surface area contributed by atoms with Crippen molar-refractivity contribution in [1.82, 2.24) is 4.31 Å². The highest BCUT2D eigenvalue weighted by atomic mass is 127. The number of carbonyl (C=O) groups excluding carboxylic acids is 4. The maximum atomic E-state index is 13.7. The molecule has 4 aromatic rings. The Morgan fingerprint density at radius 1 is 0.788 bits per heavy atom. The number of benzene rings is 4. The number of carbonyl (C=O) groups is 4. The largest absolute Gasteiger partial charge is 0.394 e. The van der Waals surface area contributed by atoms with E-state index in [-0.39, 0.29) is 29.5 Å². The summed E-state index contributed by atoms with van der Waals surface area (Å²) in [6.07, 6.45) is 4.35. The molecule has 1 fully saturated rings. The summed E-state index contributed by atoms with van der Waals surface area (Å²) in [4.78, 5) is 51.1.